The van der Waals surface area contributed by atoms with E-state index in [-0.39, 0.29) is 26.1 Å². The van der Waals surface area contributed by atoms with Crippen LogP contribution in [0, 0.1) is 0 Å². The molecule has 1 amide bonds. The molecule has 126 valence electrons. The fourth-order valence-electron chi connectivity index (χ4n) is 2.35. The summed E-state index contributed by atoms with van der Waals surface area (Å²) in [5, 5.41) is 9.10. The molecule has 0 aromatic carbocycles. The quantitative estimate of drug-likeness (QED) is 0.892. The van der Waals surface area contributed by atoms with Gasteiger partial charge < -0.3 is 19.5 Å². The summed E-state index contributed by atoms with van der Waals surface area (Å²) in [5.74, 6) is -0.955. The molecule has 2 rings (SSSR count). The smallest absolute Gasteiger partial charge is 0.410 e. The average molecular weight is 322 g/mol. The Morgan fingerprint density at radius 1 is 1.30 bits per heavy atom. The number of nitrogens with zero attached hydrogens (tertiary/aromatic N) is 2. The van der Waals surface area contributed by atoms with E-state index < -0.39 is 23.3 Å². The van der Waals surface area contributed by atoms with Gasteiger partial charge in [0, 0.05) is 12.4 Å². The third-order valence-electron chi connectivity index (χ3n) is 3.38. The Labute approximate surface area is 135 Å². The van der Waals surface area contributed by atoms with Crippen LogP contribution in [0.3, 0.4) is 0 Å². The lowest BCUT2D eigenvalue weighted by molar-refractivity contribution is -0.170. The average Bonchev–Trinajstić information content (AvgIpc) is 2.39. The van der Waals surface area contributed by atoms with Gasteiger partial charge in [-0.3, -0.25) is 9.78 Å². The van der Waals surface area contributed by atoms with Crippen molar-refractivity contribution in [3.05, 3.63) is 30.1 Å². The molecule has 1 aromatic heterocycles. The van der Waals surface area contributed by atoms with E-state index in [9.17, 15) is 9.59 Å². The summed E-state index contributed by atoms with van der Waals surface area (Å²) >= 11 is 0. The summed E-state index contributed by atoms with van der Waals surface area (Å²) in [6.07, 6.45) is 2.69. The zero-order valence-corrected chi connectivity index (χ0v) is 13.6. The number of carbonyl (C=O) groups excluding carboxylic acids is 1. The third-order valence-corrected chi connectivity index (χ3v) is 3.38. The molecule has 0 radical (unpaired) electrons. The van der Waals surface area contributed by atoms with Gasteiger partial charge in [-0.2, -0.15) is 0 Å². The van der Waals surface area contributed by atoms with Crippen LogP contribution in [0.25, 0.3) is 0 Å². The number of hydrogen-bond acceptors (Lipinski definition) is 5. The van der Waals surface area contributed by atoms with Gasteiger partial charge in [0.1, 0.15) is 11.2 Å². The summed E-state index contributed by atoms with van der Waals surface area (Å²) in [4.78, 5) is 28.5. The lowest BCUT2D eigenvalue weighted by Crippen LogP contribution is -2.65. The number of likely N-dealkylation sites (tertiary alicyclic amines) is 1. The van der Waals surface area contributed by atoms with E-state index in [0.29, 0.717) is 0 Å². The molecule has 1 saturated heterocycles. The summed E-state index contributed by atoms with van der Waals surface area (Å²) in [6, 6.07) is 3.61. The van der Waals surface area contributed by atoms with Crippen LogP contribution in [-0.4, -0.2) is 51.3 Å². The lowest BCUT2D eigenvalue weighted by atomic mass is 9.90. The molecule has 1 N–H and O–H groups in total. The molecule has 1 aliphatic rings. The van der Waals surface area contributed by atoms with E-state index in [1.165, 1.54) is 4.90 Å². The maximum Gasteiger partial charge on any atom is 0.410 e. The van der Waals surface area contributed by atoms with Crippen molar-refractivity contribution in [3.63, 3.8) is 0 Å². The van der Waals surface area contributed by atoms with Crippen LogP contribution < -0.4 is 0 Å². The van der Waals surface area contributed by atoms with Gasteiger partial charge >= 0.3 is 12.1 Å². The largest absolute Gasteiger partial charge is 0.481 e. The van der Waals surface area contributed by atoms with Crippen molar-refractivity contribution in [3.8, 4) is 0 Å². The Hall–Kier alpha value is -2.15. The molecule has 23 heavy (non-hydrogen) atoms. The van der Waals surface area contributed by atoms with Gasteiger partial charge in [0.2, 0.25) is 0 Å². The normalized spacial score (nSPS) is 16.6. The molecule has 0 aliphatic carbocycles. The van der Waals surface area contributed by atoms with E-state index in [4.69, 9.17) is 14.6 Å². The van der Waals surface area contributed by atoms with E-state index in [2.05, 4.69) is 4.98 Å². The molecule has 1 aromatic rings. The van der Waals surface area contributed by atoms with Crippen molar-refractivity contribution in [1.82, 2.24) is 9.88 Å². The standard InChI is InChI=1S/C16H22N2O5/c1-15(2,3)23-14(21)18-10-16(11-18,8-13(19)20)22-9-12-4-6-17-7-5-12/h4-7H,8-11H2,1-3H3,(H,19,20). The molecule has 1 fully saturated rings. The van der Waals surface area contributed by atoms with Crippen LogP contribution in [0.5, 0.6) is 0 Å². The van der Waals surface area contributed by atoms with Gasteiger partial charge in [-0.1, -0.05) is 0 Å². The maximum absolute atomic E-state index is 12.0. The van der Waals surface area contributed by atoms with Crippen molar-refractivity contribution < 1.29 is 24.2 Å². The van der Waals surface area contributed by atoms with E-state index in [1.807, 2.05) is 0 Å². The van der Waals surface area contributed by atoms with Crippen molar-refractivity contribution in [2.24, 2.45) is 0 Å². The Bertz CT molecular complexity index is 562. The van der Waals surface area contributed by atoms with E-state index in [0.717, 1.165) is 5.56 Å². The number of carbonyl (C=O) groups is 2. The van der Waals surface area contributed by atoms with Crippen molar-refractivity contribution >= 4 is 12.1 Å². The molecule has 7 nitrogen and oxygen atoms in total. The first-order valence-electron chi connectivity index (χ1n) is 7.42. The van der Waals surface area contributed by atoms with Gasteiger partial charge in [-0.05, 0) is 38.5 Å². The first-order chi connectivity index (χ1) is 10.7. The van der Waals surface area contributed by atoms with Crippen molar-refractivity contribution in [2.75, 3.05) is 13.1 Å². The van der Waals surface area contributed by atoms with Crippen LogP contribution in [0.1, 0.15) is 32.8 Å². The number of hydrogen-bond donors (Lipinski definition) is 1. The monoisotopic (exact) mass is 322 g/mol. The van der Waals surface area contributed by atoms with Crippen molar-refractivity contribution in [1.29, 1.82) is 0 Å². The summed E-state index contributed by atoms with van der Waals surface area (Å²) in [6.45, 7) is 6.05. The SMILES string of the molecule is CC(C)(C)OC(=O)N1CC(CC(=O)O)(OCc2ccncc2)C1. The summed E-state index contributed by atoms with van der Waals surface area (Å²) < 4.78 is 11.1. The second kappa shape index (κ2) is 6.54. The third kappa shape index (κ3) is 4.92. The highest BCUT2D eigenvalue weighted by Crippen LogP contribution is 2.31. The molecular formula is C16H22N2O5. The highest BCUT2D eigenvalue weighted by Gasteiger charge is 2.49. The number of amides is 1. The highest BCUT2D eigenvalue weighted by atomic mass is 16.6. The number of aliphatic carboxylic acids is 1. The van der Waals surface area contributed by atoms with Crippen LogP contribution in [-0.2, 0) is 20.9 Å². The van der Waals surface area contributed by atoms with Gasteiger partial charge in [0.05, 0.1) is 26.1 Å². The Kier molecular flexibility index (Phi) is 4.89. The van der Waals surface area contributed by atoms with Crippen molar-refractivity contribution in [2.45, 2.75) is 45.0 Å². The fraction of sp³-hybridized carbons (Fsp3) is 0.562. The molecule has 1 aliphatic heterocycles. The molecule has 0 saturated carbocycles. The zero-order valence-electron chi connectivity index (χ0n) is 13.6. The van der Waals surface area contributed by atoms with Crippen LogP contribution in [0.4, 0.5) is 4.79 Å². The fourth-order valence-corrected chi connectivity index (χ4v) is 2.35. The van der Waals surface area contributed by atoms with Gasteiger partial charge in [-0.25, -0.2) is 4.79 Å². The minimum absolute atomic E-state index is 0.155. The molecule has 0 spiro atoms. The minimum atomic E-state index is -0.955. The number of ether oxygens (including phenoxy) is 2. The Morgan fingerprint density at radius 3 is 2.43 bits per heavy atom. The Morgan fingerprint density at radius 2 is 1.91 bits per heavy atom. The molecule has 0 unspecified atom stereocenters. The number of carboxylic acids is 1. The number of aromatic nitrogens is 1. The zero-order chi connectivity index (χ0) is 17.1. The topological polar surface area (TPSA) is 89.0 Å². The molecule has 0 atom stereocenters. The first-order valence-corrected chi connectivity index (χ1v) is 7.42. The second-order valence-corrected chi connectivity index (χ2v) is 6.73. The van der Waals surface area contributed by atoms with Gasteiger partial charge in [-0.15, -0.1) is 0 Å². The van der Waals surface area contributed by atoms with Gasteiger partial charge in [0.25, 0.3) is 0 Å². The molecule has 7 heteroatoms. The van der Waals surface area contributed by atoms with Crippen LogP contribution in [0.15, 0.2) is 24.5 Å². The number of carboxylic acid groups (broad SMARTS) is 1. The predicted octanol–water partition coefficient (Wildman–Crippen LogP) is 2.06. The lowest BCUT2D eigenvalue weighted by Gasteiger charge is -2.48. The first kappa shape index (κ1) is 17.2. The molecule has 0 bridgehead atoms. The minimum Gasteiger partial charge on any atom is -0.481 e. The van der Waals surface area contributed by atoms with Crippen LogP contribution in [0.2, 0.25) is 0 Å². The Balaban J connectivity index is 1.94. The second-order valence-electron chi connectivity index (χ2n) is 6.73. The van der Waals surface area contributed by atoms with E-state index in [1.54, 1.807) is 45.3 Å². The predicted molar refractivity (Wildman–Crippen MR) is 81.8 cm³/mol. The summed E-state index contributed by atoms with van der Waals surface area (Å²) in [5.41, 5.74) is -0.549. The van der Waals surface area contributed by atoms with E-state index >= 15 is 0 Å². The summed E-state index contributed by atoms with van der Waals surface area (Å²) in [7, 11) is 0. The molecule has 2 heterocycles. The number of pyridine rings is 1. The maximum atomic E-state index is 12.0. The number of rotatable bonds is 5. The highest BCUT2D eigenvalue weighted by molar-refractivity contribution is 5.72. The molecular weight excluding hydrogens is 300 g/mol. The van der Waals surface area contributed by atoms with Gasteiger partial charge in [0.15, 0.2) is 0 Å². The van der Waals surface area contributed by atoms with Crippen LogP contribution >= 0.6 is 0 Å².